The van der Waals surface area contributed by atoms with Crippen LogP contribution in [0.25, 0.3) is 0 Å². The van der Waals surface area contributed by atoms with Crippen LogP contribution in [0, 0.1) is 0 Å². The predicted molar refractivity (Wildman–Crippen MR) is 106 cm³/mol. The van der Waals surface area contributed by atoms with E-state index < -0.39 is 5.97 Å². The molecule has 0 radical (unpaired) electrons. The van der Waals surface area contributed by atoms with Crippen LogP contribution in [-0.2, 0) is 18.3 Å². The van der Waals surface area contributed by atoms with Crippen LogP contribution in [0.4, 0.5) is 10.5 Å². The molecule has 0 bridgehead atoms. The minimum atomic E-state index is -0.435. The van der Waals surface area contributed by atoms with Gasteiger partial charge in [0.2, 0.25) is 0 Å². The summed E-state index contributed by atoms with van der Waals surface area (Å²) < 4.78 is 7.09. The summed E-state index contributed by atoms with van der Waals surface area (Å²) in [5, 5.41) is 2.87. The molecule has 1 saturated heterocycles. The first-order chi connectivity index (χ1) is 13.6. The summed E-state index contributed by atoms with van der Waals surface area (Å²) in [7, 11) is 1.99. The van der Waals surface area contributed by atoms with Crippen LogP contribution in [0.1, 0.15) is 29.5 Å². The van der Waals surface area contributed by atoms with Gasteiger partial charge in [0.1, 0.15) is 5.82 Å². The van der Waals surface area contributed by atoms with Gasteiger partial charge in [0, 0.05) is 45.6 Å². The first-order valence-electron chi connectivity index (χ1n) is 9.59. The summed E-state index contributed by atoms with van der Waals surface area (Å²) in [6, 6.07) is 6.72. The highest BCUT2D eigenvalue weighted by atomic mass is 16.5. The van der Waals surface area contributed by atoms with Crippen molar-refractivity contribution < 1.29 is 14.3 Å². The number of esters is 1. The Labute approximate surface area is 165 Å². The molecule has 0 atom stereocenters. The maximum Gasteiger partial charge on any atom is 0.340 e. The van der Waals surface area contributed by atoms with Gasteiger partial charge in [-0.1, -0.05) is 12.1 Å². The van der Waals surface area contributed by atoms with Gasteiger partial charge in [-0.2, -0.15) is 0 Å². The molecule has 28 heavy (non-hydrogen) atoms. The van der Waals surface area contributed by atoms with E-state index in [1.54, 1.807) is 42.3 Å². The van der Waals surface area contributed by atoms with E-state index in [9.17, 15) is 9.59 Å². The van der Waals surface area contributed by atoms with Gasteiger partial charge in [0.15, 0.2) is 0 Å². The molecule has 0 aliphatic carbocycles. The van der Waals surface area contributed by atoms with E-state index >= 15 is 0 Å². The number of imidazole rings is 1. The summed E-state index contributed by atoms with van der Waals surface area (Å²) in [5.41, 5.74) is 0.837. The predicted octanol–water partition coefficient (Wildman–Crippen LogP) is 2.34. The van der Waals surface area contributed by atoms with Crippen LogP contribution in [0.2, 0.25) is 0 Å². The van der Waals surface area contributed by atoms with Crippen molar-refractivity contribution in [1.29, 1.82) is 0 Å². The molecule has 1 aromatic carbocycles. The van der Waals surface area contributed by atoms with Crippen molar-refractivity contribution in [1.82, 2.24) is 19.4 Å². The van der Waals surface area contributed by atoms with Gasteiger partial charge in [-0.25, -0.2) is 14.6 Å². The van der Waals surface area contributed by atoms with Gasteiger partial charge >= 0.3 is 12.0 Å². The molecule has 0 spiro atoms. The van der Waals surface area contributed by atoms with Crippen molar-refractivity contribution in [2.75, 3.05) is 38.1 Å². The van der Waals surface area contributed by atoms with Crippen molar-refractivity contribution in [2.24, 2.45) is 7.05 Å². The van der Waals surface area contributed by atoms with E-state index in [1.165, 1.54) is 0 Å². The van der Waals surface area contributed by atoms with Crippen LogP contribution >= 0.6 is 0 Å². The lowest BCUT2D eigenvalue weighted by Gasteiger charge is -2.22. The van der Waals surface area contributed by atoms with Crippen LogP contribution in [0.5, 0.6) is 0 Å². The Hall–Kier alpha value is -2.87. The Bertz CT molecular complexity index is 820. The van der Waals surface area contributed by atoms with Crippen LogP contribution in [0.15, 0.2) is 36.7 Å². The second-order valence-electron chi connectivity index (χ2n) is 6.77. The summed E-state index contributed by atoms with van der Waals surface area (Å²) in [4.78, 5) is 33.3. The number of benzene rings is 1. The zero-order chi connectivity index (χ0) is 19.9. The fourth-order valence-electron chi connectivity index (χ4n) is 3.25. The molecule has 8 heteroatoms. The number of aryl methyl sites for hydroxylation is 1. The number of amides is 2. The van der Waals surface area contributed by atoms with Gasteiger partial charge in [0.05, 0.1) is 24.4 Å². The van der Waals surface area contributed by atoms with E-state index in [1.807, 2.05) is 17.8 Å². The Morgan fingerprint density at radius 2 is 2.00 bits per heavy atom. The van der Waals surface area contributed by atoms with Gasteiger partial charge in [0.25, 0.3) is 0 Å². The van der Waals surface area contributed by atoms with E-state index in [4.69, 9.17) is 4.74 Å². The third-order valence-corrected chi connectivity index (χ3v) is 4.83. The monoisotopic (exact) mass is 385 g/mol. The fourth-order valence-corrected chi connectivity index (χ4v) is 3.25. The van der Waals surface area contributed by atoms with E-state index in [2.05, 4.69) is 15.2 Å². The topological polar surface area (TPSA) is 79.7 Å². The highest BCUT2D eigenvalue weighted by molar-refractivity contribution is 6.00. The van der Waals surface area contributed by atoms with Gasteiger partial charge in [-0.15, -0.1) is 0 Å². The van der Waals surface area contributed by atoms with Crippen molar-refractivity contribution in [3.63, 3.8) is 0 Å². The van der Waals surface area contributed by atoms with Crippen LogP contribution in [-0.4, -0.2) is 64.1 Å². The van der Waals surface area contributed by atoms with E-state index in [-0.39, 0.29) is 6.03 Å². The molecule has 2 aromatic rings. The van der Waals surface area contributed by atoms with Crippen molar-refractivity contribution in [3.05, 3.63) is 48.0 Å². The molecule has 1 N–H and O–H groups in total. The molecule has 1 fully saturated rings. The summed E-state index contributed by atoms with van der Waals surface area (Å²) in [5.74, 6) is 0.580. The quantitative estimate of drug-likeness (QED) is 0.799. The minimum Gasteiger partial charge on any atom is -0.462 e. The second-order valence-corrected chi connectivity index (χ2v) is 6.77. The number of rotatable bonds is 5. The van der Waals surface area contributed by atoms with Gasteiger partial charge in [-0.05, 0) is 25.5 Å². The summed E-state index contributed by atoms with van der Waals surface area (Å²) >= 11 is 0. The smallest absolute Gasteiger partial charge is 0.340 e. The SMILES string of the molecule is CCOC(=O)c1ccccc1NC(=O)N1CCCN(Cc2nccn2C)CC1. The highest BCUT2D eigenvalue weighted by Crippen LogP contribution is 2.17. The van der Waals surface area contributed by atoms with Crippen LogP contribution in [0.3, 0.4) is 0 Å². The number of hydrogen-bond donors (Lipinski definition) is 1. The maximum atomic E-state index is 12.8. The van der Waals surface area contributed by atoms with Crippen molar-refractivity contribution in [3.8, 4) is 0 Å². The number of hydrogen-bond acceptors (Lipinski definition) is 5. The zero-order valence-corrected chi connectivity index (χ0v) is 16.4. The molecular formula is C20H27N5O3. The van der Waals surface area contributed by atoms with Crippen molar-refractivity contribution >= 4 is 17.7 Å². The molecule has 150 valence electrons. The first kappa shape index (κ1) is 19.9. The molecule has 8 nitrogen and oxygen atoms in total. The third-order valence-electron chi connectivity index (χ3n) is 4.83. The average molecular weight is 385 g/mol. The highest BCUT2D eigenvalue weighted by Gasteiger charge is 2.21. The largest absolute Gasteiger partial charge is 0.462 e. The third kappa shape index (κ3) is 4.89. The number of nitrogens with zero attached hydrogens (tertiary/aromatic N) is 4. The number of carbonyl (C=O) groups is 2. The van der Waals surface area contributed by atoms with Crippen molar-refractivity contribution in [2.45, 2.75) is 19.9 Å². The zero-order valence-electron chi connectivity index (χ0n) is 16.4. The number of aromatic nitrogens is 2. The van der Waals surface area contributed by atoms with E-state index in [0.29, 0.717) is 30.9 Å². The Kier molecular flexibility index (Phi) is 6.65. The Morgan fingerprint density at radius 3 is 2.75 bits per heavy atom. The first-order valence-corrected chi connectivity index (χ1v) is 9.59. The minimum absolute atomic E-state index is 0.199. The van der Waals surface area contributed by atoms with Crippen LogP contribution < -0.4 is 5.32 Å². The molecule has 1 aromatic heterocycles. The lowest BCUT2D eigenvalue weighted by atomic mass is 10.2. The average Bonchev–Trinajstić information content (AvgIpc) is 2.94. The van der Waals surface area contributed by atoms with Gasteiger partial charge in [-0.3, -0.25) is 4.90 Å². The fraction of sp³-hybridized carbons (Fsp3) is 0.450. The number of para-hydroxylation sites is 1. The molecule has 0 saturated carbocycles. The Balaban J connectivity index is 1.60. The second kappa shape index (κ2) is 9.36. The molecule has 3 rings (SSSR count). The normalized spacial score (nSPS) is 15.1. The molecule has 0 unspecified atom stereocenters. The number of nitrogens with one attached hydrogen (secondary N) is 1. The molecule has 1 aliphatic heterocycles. The number of ether oxygens (including phenoxy) is 1. The van der Waals surface area contributed by atoms with E-state index in [0.717, 1.165) is 31.9 Å². The standard InChI is InChI=1S/C20H27N5O3/c1-3-28-19(26)16-7-4-5-8-17(16)22-20(27)25-11-6-10-24(13-14-25)15-18-21-9-12-23(18)2/h4-5,7-9,12H,3,6,10-11,13-15H2,1-2H3,(H,22,27). The number of urea groups is 1. The molecule has 1 aliphatic rings. The molecule has 2 heterocycles. The summed E-state index contributed by atoms with van der Waals surface area (Å²) in [6.45, 7) is 5.80. The van der Waals surface area contributed by atoms with Gasteiger partial charge < -0.3 is 19.5 Å². The molecule has 2 amide bonds. The lowest BCUT2D eigenvalue weighted by Crippen LogP contribution is -2.38. The Morgan fingerprint density at radius 1 is 1.18 bits per heavy atom. The lowest BCUT2D eigenvalue weighted by molar-refractivity contribution is 0.0527. The summed E-state index contributed by atoms with van der Waals surface area (Å²) in [6.07, 6.45) is 4.62. The number of anilines is 1. The number of carbonyl (C=O) groups excluding carboxylic acids is 2. The molecular weight excluding hydrogens is 358 g/mol. The maximum absolute atomic E-state index is 12.8.